The van der Waals surface area contributed by atoms with Gasteiger partial charge in [-0.25, -0.2) is 10.1 Å². The highest BCUT2D eigenvalue weighted by atomic mass is 16.2. The molecule has 0 unspecified atom stereocenters. The van der Waals surface area contributed by atoms with Crippen molar-refractivity contribution in [3.05, 3.63) is 94.4 Å². The standard InChI is InChI=1S/C23H21N5O2/c1-16-21(23(30)28(27-16)20-9-3-2-4-10-20)14-25-26-22(29)15-24-19-12-11-17-7-5-6-8-18(17)13-19/h2-14,24,27H,15H2,1H3,(H,26,29). The summed E-state index contributed by atoms with van der Waals surface area (Å²) in [6.07, 6.45) is 1.36. The molecule has 7 heteroatoms. The van der Waals surface area contributed by atoms with Crippen molar-refractivity contribution in [2.24, 2.45) is 5.10 Å². The molecule has 3 N–H and O–H groups in total. The molecule has 0 saturated heterocycles. The monoisotopic (exact) mass is 399 g/mol. The molecule has 4 rings (SSSR count). The first-order chi connectivity index (χ1) is 14.6. The molecule has 30 heavy (non-hydrogen) atoms. The normalized spacial score (nSPS) is 11.1. The Morgan fingerprint density at radius 1 is 1.03 bits per heavy atom. The van der Waals surface area contributed by atoms with Crippen LogP contribution in [0.4, 0.5) is 5.69 Å². The number of rotatable bonds is 6. The number of H-pyrrole nitrogens is 1. The quantitative estimate of drug-likeness (QED) is 0.343. The summed E-state index contributed by atoms with van der Waals surface area (Å²) < 4.78 is 1.44. The van der Waals surface area contributed by atoms with Crippen LogP contribution < -0.4 is 16.3 Å². The Hall–Kier alpha value is -4.13. The van der Waals surface area contributed by atoms with Gasteiger partial charge in [-0.3, -0.25) is 14.7 Å². The molecule has 0 fully saturated rings. The summed E-state index contributed by atoms with van der Waals surface area (Å²) in [6, 6.07) is 23.2. The number of benzene rings is 3. The summed E-state index contributed by atoms with van der Waals surface area (Å²) in [7, 11) is 0. The summed E-state index contributed by atoms with van der Waals surface area (Å²) >= 11 is 0. The van der Waals surface area contributed by atoms with Gasteiger partial charge in [0, 0.05) is 11.4 Å². The number of nitrogens with one attached hydrogen (secondary N) is 3. The lowest BCUT2D eigenvalue weighted by Gasteiger charge is -2.06. The zero-order chi connectivity index (χ0) is 20.9. The van der Waals surface area contributed by atoms with E-state index in [0.29, 0.717) is 11.3 Å². The molecule has 0 aliphatic rings. The van der Waals surface area contributed by atoms with Gasteiger partial charge in [-0.15, -0.1) is 0 Å². The highest BCUT2D eigenvalue weighted by molar-refractivity contribution is 5.87. The van der Waals surface area contributed by atoms with Crippen LogP contribution in [0.1, 0.15) is 11.3 Å². The number of hydrogen-bond donors (Lipinski definition) is 3. The van der Waals surface area contributed by atoms with Crippen molar-refractivity contribution < 1.29 is 4.79 Å². The van der Waals surface area contributed by atoms with Gasteiger partial charge in [0.25, 0.3) is 11.5 Å². The van der Waals surface area contributed by atoms with Crippen molar-refractivity contribution in [3.8, 4) is 5.69 Å². The first-order valence-corrected chi connectivity index (χ1v) is 9.53. The molecule has 1 heterocycles. The van der Waals surface area contributed by atoms with Crippen LogP contribution >= 0.6 is 0 Å². The maximum absolute atomic E-state index is 12.6. The summed E-state index contributed by atoms with van der Waals surface area (Å²) in [5, 5.41) is 12.3. The van der Waals surface area contributed by atoms with E-state index in [1.54, 1.807) is 6.92 Å². The number of aromatic nitrogens is 2. The zero-order valence-electron chi connectivity index (χ0n) is 16.4. The number of aryl methyl sites for hydroxylation is 1. The Kier molecular flexibility index (Phi) is 5.43. The van der Waals surface area contributed by atoms with E-state index in [1.807, 2.05) is 72.8 Å². The molecule has 3 aromatic carbocycles. The molecule has 0 bridgehead atoms. The van der Waals surface area contributed by atoms with Crippen LogP contribution in [0.3, 0.4) is 0 Å². The van der Waals surface area contributed by atoms with Gasteiger partial charge in [0.05, 0.1) is 24.0 Å². The predicted octanol–water partition coefficient (Wildman–Crippen LogP) is 3.19. The van der Waals surface area contributed by atoms with Crippen LogP contribution in [0.25, 0.3) is 16.5 Å². The number of amides is 1. The molecule has 150 valence electrons. The van der Waals surface area contributed by atoms with Crippen molar-refractivity contribution in [3.63, 3.8) is 0 Å². The van der Waals surface area contributed by atoms with Gasteiger partial charge in [0.1, 0.15) is 0 Å². The molecule has 0 aliphatic carbocycles. The lowest BCUT2D eigenvalue weighted by Crippen LogP contribution is -2.26. The number of carbonyl (C=O) groups is 1. The molecular formula is C23H21N5O2. The van der Waals surface area contributed by atoms with E-state index in [9.17, 15) is 9.59 Å². The van der Waals surface area contributed by atoms with E-state index in [0.717, 1.165) is 22.1 Å². The second-order valence-electron chi connectivity index (χ2n) is 6.84. The molecule has 0 radical (unpaired) electrons. The van der Waals surface area contributed by atoms with Crippen molar-refractivity contribution in [2.75, 3.05) is 11.9 Å². The molecule has 0 saturated carbocycles. The summed E-state index contributed by atoms with van der Waals surface area (Å²) in [6.45, 7) is 1.85. The lowest BCUT2D eigenvalue weighted by molar-refractivity contribution is -0.119. The number of carbonyl (C=O) groups excluding carboxylic acids is 1. The molecule has 0 aliphatic heterocycles. The number of fused-ring (bicyclic) bond motifs is 1. The fourth-order valence-corrected chi connectivity index (χ4v) is 3.16. The largest absolute Gasteiger partial charge is 0.376 e. The second kappa shape index (κ2) is 8.48. The molecule has 1 aromatic heterocycles. The van der Waals surface area contributed by atoms with Gasteiger partial charge >= 0.3 is 0 Å². The van der Waals surface area contributed by atoms with Crippen LogP contribution in [-0.2, 0) is 4.79 Å². The van der Waals surface area contributed by atoms with Gasteiger partial charge in [0.15, 0.2) is 0 Å². The molecule has 4 aromatic rings. The van der Waals surface area contributed by atoms with Crippen molar-refractivity contribution in [2.45, 2.75) is 6.92 Å². The third kappa shape index (κ3) is 4.15. The minimum absolute atomic E-state index is 0.0655. The fourth-order valence-electron chi connectivity index (χ4n) is 3.16. The molecule has 0 spiro atoms. The van der Waals surface area contributed by atoms with Crippen molar-refractivity contribution >= 4 is 28.6 Å². The molecule has 7 nitrogen and oxygen atoms in total. The molecular weight excluding hydrogens is 378 g/mol. The number of para-hydroxylation sites is 1. The molecule has 1 amide bonds. The Morgan fingerprint density at radius 2 is 1.77 bits per heavy atom. The van der Waals surface area contributed by atoms with E-state index >= 15 is 0 Å². The number of nitrogens with zero attached hydrogens (tertiary/aromatic N) is 2. The first kappa shape index (κ1) is 19.2. The lowest BCUT2D eigenvalue weighted by atomic mass is 10.1. The molecule has 0 atom stereocenters. The van der Waals surface area contributed by atoms with E-state index < -0.39 is 0 Å². The third-order valence-electron chi connectivity index (χ3n) is 4.72. The maximum atomic E-state index is 12.6. The van der Waals surface area contributed by atoms with Crippen molar-refractivity contribution in [1.29, 1.82) is 0 Å². The number of aromatic amines is 1. The van der Waals surface area contributed by atoms with Crippen LogP contribution in [-0.4, -0.2) is 28.4 Å². The van der Waals surface area contributed by atoms with Gasteiger partial charge < -0.3 is 5.32 Å². The fraction of sp³-hybridized carbons (Fsp3) is 0.0870. The minimum Gasteiger partial charge on any atom is -0.376 e. The zero-order valence-corrected chi connectivity index (χ0v) is 16.4. The van der Waals surface area contributed by atoms with E-state index in [1.165, 1.54) is 10.9 Å². The number of anilines is 1. The van der Waals surface area contributed by atoms with Crippen LogP contribution in [0.15, 0.2) is 82.7 Å². The van der Waals surface area contributed by atoms with Crippen molar-refractivity contribution in [1.82, 2.24) is 15.2 Å². The number of hydrazone groups is 1. The van der Waals surface area contributed by atoms with E-state index in [4.69, 9.17) is 0 Å². The smallest absolute Gasteiger partial charge is 0.280 e. The van der Waals surface area contributed by atoms with Gasteiger partial charge in [0.2, 0.25) is 0 Å². The first-order valence-electron chi connectivity index (χ1n) is 9.53. The summed E-state index contributed by atoms with van der Waals surface area (Å²) in [4.78, 5) is 24.7. The van der Waals surface area contributed by atoms with Crippen LogP contribution in [0, 0.1) is 6.92 Å². The average Bonchev–Trinajstić information content (AvgIpc) is 3.06. The van der Waals surface area contributed by atoms with Crippen LogP contribution in [0.2, 0.25) is 0 Å². The minimum atomic E-state index is -0.309. The average molecular weight is 399 g/mol. The summed E-state index contributed by atoms with van der Waals surface area (Å²) in [5.41, 5.74) is 4.85. The van der Waals surface area contributed by atoms with Gasteiger partial charge in [-0.1, -0.05) is 48.5 Å². The maximum Gasteiger partial charge on any atom is 0.280 e. The SMILES string of the molecule is Cc1[nH]n(-c2ccccc2)c(=O)c1C=NNC(=O)CNc1ccc2ccccc2c1. The van der Waals surface area contributed by atoms with E-state index in [-0.39, 0.29) is 18.0 Å². The third-order valence-corrected chi connectivity index (χ3v) is 4.72. The predicted molar refractivity (Wildman–Crippen MR) is 119 cm³/mol. The Balaban J connectivity index is 1.38. The van der Waals surface area contributed by atoms with Gasteiger partial charge in [-0.2, -0.15) is 5.10 Å². The van der Waals surface area contributed by atoms with Crippen LogP contribution in [0.5, 0.6) is 0 Å². The topological polar surface area (TPSA) is 91.3 Å². The van der Waals surface area contributed by atoms with E-state index in [2.05, 4.69) is 20.9 Å². The van der Waals surface area contributed by atoms with Gasteiger partial charge in [-0.05, 0) is 42.0 Å². The highest BCUT2D eigenvalue weighted by Gasteiger charge is 2.10. The highest BCUT2D eigenvalue weighted by Crippen LogP contribution is 2.18. The Labute approximate surface area is 173 Å². The Bertz CT molecular complexity index is 1270. The summed E-state index contributed by atoms with van der Waals surface area (Å²) in [5.74, 6) is -0.309. The number of hydrogen-bond acceptors (Lipinski definition) is 4. The Morgan fingerprint density at radius 3 is 2.57 bits per heavy atom. The second-order valence-corrected chi connectivity index (χ2v) is 6.84.